The topological polar surface area (TPSA) is 40.5 Å². The van der Waals surface area contributed by atoms with Crippen molar-refractivity contribution in [2.75, 3.05) is 0 Å². The third kappa shape index (κ3) is 4.44. The molecule has 13 heavy (non-hydrogen) atoms. The number of hydrogen-bond acceptors (Lipinski definition) is 2. The van der Waals surface area contributed by atoms with Gasteiger partial charge in [-0.15, -0.1) is 0 Å². The van der Waals surface area contributed by atoms with Crippen LogP contribution in [-0.2, 0) is 0 Å². The molecular formula is C11H22O2. The van der Waals surface area contributed by atoms with Crippen molar-refractivity contribution in [3.05, 3.63) is 12.2 Å². The van der Waals surface area contributed by atoms with Crippen molar-refractivity contribution in [1.82, 2.24) is 0 Å². The van der Waals surface area contributed by atoms with Crippen molar-refractivity contribution in [3.63, 3.8) is 0 Å². The van der Waals surface area contributed by atoms with Gasteiger partial charge in [-0.3, -0.25) is 0 Å². The van der Waals surface area contributed by atoms with Crippen LogP contribution in [0.2, 0.25) is 0 Å². The Bertz CT molecular complexity index is 161. The number of hydrogen-bond donors (Lipinski definition) is 2. The summed E-state index contributed by atoms with van der Waals surface area (Å²) in [5.74, 6) is 0.392. The van der Waals surface area contributed by atoms with Crippen LogP contribution in [0.4, 0.5) is 0 Å². The summed E-state index contributed by atoms with van der Waals surface area (Å²) in [6.07, 6.45) is -0.383. The van der Waals surface area contributed by atoms with Gasteiger partial charge in [0, 0.05) is 0 Å². The standard InChI is InChI=1S/C11H22O2/c1-7(2)10(12)6-9(5)11(13)8(3)4/h7-8,10-13H,5-6H2,1-4H3. The van der Waals surface area contributed by atoms with Crippen molar-refractivity contribution in [2.45, 2.75) is 46.3 Å². The lowest BCUT2D eigenvalue weighted by molar-refractivity contribution is 0.103. The molecule has 0 aromatic carbocycles. The van der Waals surface area contributed by atoms with Gasteiger partial charge in [0.1, 0.15) is 0 Å². The fourth-order valence-corrected chi connectivity index (χ4v) is 1.10. The third-order valence-corrected chi connectivity index (χ3v) is 2.29. The van der Waals surface area contributed by atoms with Gasteiger partial charge in [-0.05, 0) is 23.8 Å². The molecule has 2 heteroatoms. The zero-order valence-corrected chi connectivity index (χ0v) is 9.12. The minimum Gasteiger partial charge on any atom is -0.393 e. The Labute approximate surface area is 81.3 Å². The molecule has 0 saturated carbocycles. The summed E-state index contributed by atoms with van der Waals surface area (Å²) in [5, 5.41) is 19.2. The second-order valence-electron chi connectivity index (χ2n) is 4.36. The fraction of sp³-hybridized carbons (Fsp3) is 0.818. The predicted molar refractivity (Wildman–Crippen MR) is 55.4 cm³/mol. The van der Waals surface area contributed by atoms with Crippen molar-refractivity contribution >= 4 is 0 Å². The highest BCUT2D eigenvalue weighted by atomic mass is 16.3. The van der Waals surface area contributed by atoms with Crippen LogP contribution in [0, 0.1) is 11.8 Å². The molecule has 2 unspecified atom stereocenters. The zero-order chi connectivity index (χ0) is 10.6. The Hall–Kier alpha value is -0.340. The SMILES string of the molecule is C=C(CC(O)C(C)C)C(O)C(C)C. The van der Waals surface area contributed by atoms with Crippen LogP contribution < -0.4 is 0 Å². The molecule has 0 fully saturated rings. The van der Waals surface area contributed by atoms with Crippen LogP contribution in [0.25, 0.3) is 0 Å². The van der Waals surface area contributed by atoms with Gasteiger partial charge >= 0.3 is 0 Å². The van der Waals surface area contributed by atoms with E-state index in [4.69, 9.17) is 0 Å². The molecule has 0 amide bonds. The van der Waals surface area contributed by atoms with Crippen LogP contribution in [-0.4, -0.2) is 22.4 Å². The van der Waals surface area contributed by atoms with Crippen LogP contribution in [0.3, 0.4) is 0 Å². The lowest BCUT2D eigenvalue weighted by Crippen LogP contribution is -2.23. The van der Waals surface area contributed by atoms with Crippen molar-refractivity contribution in [1.29, 1.82) is 0 Å². The van der Waals surface area contributed by atoms with Gasteiger partial charge in [0.05, 0.1) is 12.2 Å². The van der Waals surface area contributed by atoms with Crippen molar-refractivity contribution in [3.8, 4) is 0 Å². The van der Waals surface area contributed by atoms with Gasteiger partial charge in [0.25, 0.3) is 0 Å². The summed E-state index contributed by atoms with van der Waals surface area (Å²) in [4.78, 5) is 0. The molecule has 0 aliphatic carbocycles. The summed E-state index contributed by atoms with van der Waals surface area (Å²) in [7, 11) is 0. The van der Waals surface area contributed by atoms with Crippen LogP contribution in [0.1, 0.15) is 34.1 Å². The van der Waals surface area contributed by atoms with E-state index in [1.165, 1.54) is 0 Å². The average molecular weight is 186 g/mol. The van der Waals surface area contributed by atoms with Gasteiger partial charge < -0.3 is 10.2 Å². The second-order valence-corrected chi connectivity index (χ2v) is 4.36. The molecule has 0 rings (SSSR count). The molecule has 0 aliphatic heterocycles. The molecular weight excluding hydrogens is 164 g/mol. The van der Waals surface area contributed by atoms with E-state index in [1.807, 2.05) is 27.7 Å². The summed E-state index contributed by atoms with van der Waals surface area (Å²) in [6, 6.07) is 0. The Morgan fingerprint density at radius 1 is 1.08 bits per heavy atom. The van der Waals surface area contributed by atoms with E-state index in [2.05, 4.69) is 6.58 Å². The first-order chi connectivity index (χ1) is 5.86. The van der Waals surface area contributed by atoms with E-state index >= 15 is 0 Å². The lowest BCUT2D eigenvalue weighted by atomic mass is 9.92. The molecule has 0 aromatic heterocycles. The third-order valence-electron chi connectivity index (χ3n) is 2.29. The quantitative estimate of drug-likeness (QED) is 0.644. The highest BCUT2D eigenvalue weighted by Crippen LogP contribution is 2.18. The van der Waals surface area contributed by atoms with Gasteiger partial charge in [0.15, 0.2) is 0 Å². The summed E-state index contributed by atoms with van der Waals surface area (Å²) in [6.45, 7) is 11.6. The summed E-state index contributed by atoms with van der Waals surface area (Å²) >= 11 is 0. The average Bonchev–Trinajstić information content (AvgIpc) is 2.02. The monoisotopic (exact) mass is 186 g/mol. The number of aliphatic hydroxyl groups is 2. The molecule has 2 atom stereocenters. The van der Waals surface area contributed by atoms with Gasteiger partial charge in [-0.2, -0.15) is 0 Å². The van der Waals surface area contributed by atoms with Gasteiger partial charge in [-0.1, -0.05) is 34.3 Å². The van der Waals surface area contributed by atoms with Crippen LogP contribution in [0.5, 0.6) is 0 Å². The number of rotatable bonds is 5. The number of aliphatic hydroxyl groups excluding tert-OH is 2. The second kappa shape index (κ2) is 5.40. The predicted octanol–water partition coefficient (Wildman–Crippen LogP) is 1.97. The molecule has 2 nitrogen and oxygen atoms in total. The molecule has 78 valence electrons. The summed E-state index contributed by atoms with van der Waals surface area (Å²) in [5.41, 5.74) is 0.733. The van der Waals surface area contributed by atoms with E-state index in [0.29, 0.717) is 6.42 Å². The van der Waals surface area contributed by atoms with E-state index in [0.717, 1.165) is 5.57 Å². The van der Waals surface area contributed by atoms with Crippen molar-refractivity contribution < 1.29 is 10.2 Å². The Morgan fingerprint density at radius 2 is 1.54 bits per heavy atom. The fourth-order valence-electron chi connectivity index (χ4n) is 1.10. The van der Waals surface area contributed by atoms with Gasteiger partial charge in [-0.25, -0.2) is 0 Å². The van der Waals surface area contributed by atoms with Crippen LogP contribution in [0.15, 0.2) is 12.2 Å². The zero-order valence-electron chi connectivity index (χ0n) is 9.12. The Morgan fingerprint density at radius 3 is 1.85 bits per heavy atom. The maximum atomic E-state index is 9.61. The molecule has 0 spiro atoms. The molecule has 0 saturated heterocycles. The van der Waals surface area contributed by atoms with Gasteiger partial charge in [0.2, 0.25) is 0 Å². The molecule has 0 radical (unpaired) electrons. The maximum absolute atomic E-state index is 9.61. The van der Waals surface area contributed by atoms with E-state index in [9.17, 15) is 10.2 Å². The first kappa shape index (κ1) is 12.7. The highest BCUT2D eigenvalue weighted by molar-refractivity contribution is 5.04. The van der Waals surface area contributed by atoms with E-state index < -0.39 is 6.10 Å². The van der Waals surface area contributed by atoms with Crippen LogP contribution >= 0.6 is 0 Å². The molecule has 0 aromatic rings. The Balaban J connectivity index is 4.00. The molecule has 2 N–H and O–H groups in total. The van der Waals surface area contributed by atoms with E-state index in [-0.39, 0.29) is 17.9 Å². The van der Waals surface area contributed by atoms with E-state index in [1.54, 1.807) is 0 Å². The molecule has 0 aliphatic rings. The maximum Gasteiger partial charge on any atom is 0.0771 e. The minimum absolute atomic E-state index is 0.173. The first-order valence-corrected chi connectivity index (χ1v) is 4.90. The molecule has 0 heterocycles. The normalized spacial score (nSPS) is 16.3. The largest absolute Gasteiger partial charge is 0.393 e. The first-order valence-electron chi connectivity index (χ1n) is 4.90. The smallest absolute Gasteiger partial charge is 0.0771 e. The Kier molecular flexibility index (Phi) is 5.26. The minimum atomic E-state index is -0.492. The van der Waals surface area contributed by atoms with Crippen molar-refractivity contribution in [2.24, 2.45) is 11.8 Å². The molecule has 0 bridgehead atoms. The summed E-state index contributed by atoms with van der Waals surface area (Å²) < 4.78 is 0. The highest BCUT2D eigenvalue weighted by Gasteiger charge is 2.17. The lowest BCUT2D eigenvalue weighted by Gasteiger charge is -2.21.